The Morgan fingerprint density at radius 1 is 1.46 bits per heavy atom. The van der Waals surface area contributed by atoms with Crippen LogP contribution >= 0.6 is 0 Å². The lowest BCUT2D eigenvalue weighted by atomic mass is 10.1. The van der Waals surface area contributed by atoms with Crippen LogP contribution in [-0.2, 0) is 15.0 Å². The van der Waals surface area contributed by atoms with Crippen molar-refractivity contribution in [1.82, 2.24) is 9.03 Å². The summed E-state index contributed by atoms with van der Waals surface area (Å²) in [5, 5.41) is 0. The van der Waals surface area contributed by atoms with E-state index in [2.05, 4.69) is 4.72 Å². The van der Waals surface area contributed by atoms with Crippen LogP contribution in [0.15, 0.2) is 0 Å². The summed E-state index contributed by atoms with van der Waals surface area (Å²) in [4.78, 5) is 10.6. The maximum atomic E-state index is 11.4. The molecule has 0 aromatic rings. The van der Waals surface area contributed by atoms with Gasteiger partial charge < -0.3 is 4.79 Å². The Kier molecular flexibility index (Phi) is 3.40. The molecule has 5 nitrogen and oxygen atoms in total. The van der Waals surface area contributed by atoms with Gasteiger partial charge in [0.25, 0.3) is 10.2 Å². The van der Waals surface area contributed by atoms with Crippen LogP contribution in [0.25, 0.3) is 0 Å². The first-order valence-electron chi connectivity index (χ1n) is 4.27. The predicted octanol–water partition coefficient (Wildman–Crippen LogP) is -0.496. The van der Waals surface area contributed by atoms with Gasteiger partial charge in [0.15, 0.2) is 0 Å². The van der Waals surface area contributed by atoms with E-state index in [1.54, 1.807) is 0 Å². The van der Waals surface area contributed by atoms with Crippen molar-refractivity contribution < 1.29 is 13.2 Å². The highest BCUT2D eigenvalue weighted by molar-refractivity contribution is 7.87. The third-order valence-corrected chi connectivity index (χ3v) is 3.81. The van der Waals surface area contributed by atoms with Gasteiger partial charge in [-0.2, -0.15) is 12.7 Å². The van der Waals surface area contributed by atoms with Gasteiger partial charge in [0, 0.05) is 13.6 Å². The van der Waals surface area contributed by atoms with Gasteiger partial charge in [0.1, 0.15) is 6.29 Å². The molecule has 1 atom stereocenters. The van der Waals surface area contributed by atoms with Crippen molar-refractivity contribution in [3.8, 4) is 0 Å². The molecule has 6 heteroatoms. The van der Waals surface area contributed by atoms with Gasteiger partial charge in [0.05, 0.1) is 6.04 Å². The first kappa shape index (κ1) is 10.6. The second kappa shape index (κ2) is 4.17. The Balaban J connectivity index is 2.81. The molecule has 1 rings (SSSR count). The molecule has 0 amide bonds. The summed E-state index contributed by atoms with van der Waals surface area (Å²) in [6.45, 7) is 0.437. The summed E-state index contributed by atoms with van der Waals surface area (Å²) in [6, 6.07) is -0.480. The number of hydrogen-bond acceptors (Lipinski definition) is 3. The summed E-state index contributed by atoms with van der Waals surface area (Å²) in [7, 11) is -2.08. The van der Waals surface area contributed by atoms with Gasteiger partial charge in [0.2, 0.25) is 0 Å². The zero-order valence-electron chi connectivity index (χ0n) is 7.56. The molecule has 0 saturated carbocycles. The molecule has 1 heterocycles. The van der Waals surface area contributed by atoms with Gasteiger partial charge in [-0.05, 0) is 12.8 Å². The summed E-state index contributed by atoms with van der Waals surface area (Å²) >= 11 is 0. The summed E-state index contributed by atoms with van der Waals surface area (Å²) in [6.07, 6.45) is 3.07. The van der Waals surface area contributed by atoms with Gasteiger partial charge in [-0.1, -0.05) is 6.42 Å². The van der Waals surface area contributed by atoms with Crippen molar-refractivity contribution in [2.45, 2.75) is 25.3 Å². The number of hydrogen-bond donors (Lipinski definition) is 1. The summed E-state index contributed by atoms with van der Waals surface area (Å²) in [5.74, 6) is 0. The molecule has 1 aliphatic heterocycles. The van der Waals surface area contributed by atoms with Crippen LogP contribution in [0.5, 0.6) is 0 Å². The Labute approximate surface area is 78.3 Å². The van der Waals surface area contributed by atoms with E-state index in [0.29, 0.717) is 19.3 Å². The zero-order valence-corrected chi connectivity index (χ0v) is 8.38. The van der Waals surface area contributed by atoms with Crippen LogP contribution < -0.4 is 4.72 Å². The zero-order chi connectivity index (χ0) is 9.90. The standard InChI is InChI=1S/C7H14N2O3S/c1-8-13(11,12)9-5-3-2-4-7(9)6-10/h6-8H,2-5H2,1H3. The highest BCUT2D eigenvalue weighted by Crippen LogP contribution is 2.17. The van der Waals surface area contributed by atoms with E-state index in [4.69, 9.17) is 0 Å². The first-order valence-corrected chi connectivity index (χ1v) is 5.71. The van der Waals surface area contributed by atoms with E-state index < -0.39 is 16.3 Å². The second-order valence-electron chi connectivity index (χ2n) is 3.02. The fourth-order valence-corrected chi connectivity index (χ4v) is 2.60. The number of carbonyl (C=O) groups excluding carboxylic acids is 1. The molecule has 0 aliphatic carbocycles. The van der Waals surface area contributed by atoms with Gasteiger partial charge in [-0.25, -0.2) is 4.72 Å². The number of nitrogens with zero attached hydrogens (tertiary/aromatic N) is 1. The highest BCUT2D eigenvalue weighted by atomic mass is 32.2. The number of carbonyl (C=O) groups is 1. The van der Waals surface area contributed by atoms with Gasteiger partial charge in [-0.15, -0.1) is 0 Å². The molecule has 0 spiro atoms. The molecule has 1 aliphatic rings. The maximum absolute atomic E-state index is 11.4. The molecule has 1 N–H and O–H groups in total. The average molecular weight is 206 g/mol. The molecule has 1 unspecified atom stereocenters. The van der Waals surface area contributed by atoms with Crippen LogP contribution in [0.1, 0.15) is 19.3 Å². The van der Waals surface area contributed by atoms with E-state index in [1.165, 1.54) is 11.4 Å². The maximum Gasteiger partial charge on any atom is 0.279 e. The third-order valence-electron chi connectivity index (χ3n) is 2.22. The molecule has 1 saturated heterocycles. The lowest BCUT2D eigenvalue weighted by molar-refractivity contribution is -0.111. The van der Waals surface area contributed by atoms with Crippen molar-refractivity contribution in [2.24, 2.45) is 0 Å². The van der Waals surface area contributed by atoms with E-state index in [0.717, 1.165) is 12.8 Å². The van der Waals surface area contributed by atoms with Crippen molar-refractivity contribution in [3.63, 3.8) is 0 Å². The fourth-order valence-electron chi connectivity index (χ4n) is 1.48. The van der Waals surface area contributed by atoms with Crippen molar-refractivity contribution >= 4 is 16.5 Å². The number of rotatable bonds is 3. The van der Waals surface area contributed by atoms with E-state index in [-0.39, 0.29) is 0 Å². The smallest absolute Gasteiger partial charge is 0.279 e. The molecular formula is C7H14N2O3S. The van der Waals surface area contributed by atoms with Gasteiger partial charge in [-0.3, -0.25) is 0 Å². The van der Waals surface area contributed by atoms with E-state index in [1.807, 2.05) is 0 Å². The van der Waals surface area contributed by atoms with Crippen LogP contribution in [0, 0.1) is 0 Å². The SMILES string of the molecule is CNS(=O)(=O)N1CCCCC1C=O. The van der Waals surface area contributed by atoms with E-state index in [9.17, 15) is 13.2 Å². The average Bonchev–Trinajstić information content (AvgIpc) is 2.18. The predicted molar refractivity (Wildman–Crippen MR) is 48.4 cm³/mol. The normalized spacial score (nSPS) is 25.8. The minimum atomic E-state index is -3.43. The molecule has 76 valence electrons. The molecule has 0 bridgehead atoms. The molecule has 1 fully saturated rings. The lowest BCUT2D eigenvalue weighted by Crippen LogP contribution is -2.48. The first-order chi connectivity index (χ1) is 6.11. The monoisotopic (exact) mass is 206 g/mol. The Morgan fingerprint density at radius 2 is 2.15 bits per heavy atom. The largest absolute Gasteiger partial charge is 0.302 e. The van der Waals surface area contributed by atoms with Crippen LogP contribution in [0.2, 0.25) is 0 Å². The minimum absolute atomic E-state index is 0.437. The molecular weight excluding hydrogens is 192 g/mol. The van der Waals surface area contributed by atoms with Crippen LogP contribution in [0.4, 0.5) is 0 Å². The fraction of sp³-hybridized carbons (Fsp3) is 0.857. The van der Waals surface area contributed by atoms with Crippen molar-refractivity contribution in [1.29, 1.82) is 0 Å². The summed E-state index contributed by atoms with van der Waals surface area (Å²) in [5.41, 5.74) is 0. The third kappa shape index (κ3) is 2.26. The highest BCUT2D eigenvalue weighted by Gasteiger charge is 2.30. The summed E-state index contributed by atoms with van der Waals surface area (Å²) < 4.78 is 26.2. The van der Waals surface area contributed by atoms with Crippen molar-refractivity contribution in [3.05, 3.63) is 0 Å². The number of aldehydes is 1. The van der Waals surface area contributed by atoms with Gasteiger partial charge >= 0.3 is 0 Å². The topological polar surface area (TPSA) is 66.5 Å². The quantitative estimate of drug-likeness (QED) is 0.633. The van der Waals surface area contributed by atoms with Crippen LogP contribution in [-0.4, -0.2) is 38.6 Å². The lowest BCUT2D eigenvalue weighted by Gasteiger charge is -2.30. The molecule has 0 radical (unpaired) electrons. The molecule has 0 aromatic carbocycles. The molecule has 0 aromatic heterocycles. The Morgan fingerprint density at radius 3 is 2.69 bits per heavy atom. The van der Waals surface area contributed by atoms with Crippen LogP contribution in [0.3, 0.4) is 0 Å². The Hall–Kier alpha value is -0.460. The van der Waals surface area contributed by atoms with Crippen molar-refractivity contribution in [2.75, 3.05) is 13.6 Å². The Bertz CT molecular complexity index is 275. The number of piperidine rings is 1. The second-order valence-corrected chi connectivity index (χ2v) is 4.85. The minimum Gasteiger partial charge on any atom is -0.302 e. The number of nitrogens with one attached hydrogen (secondary N) is 1. The van der Waals surface area contributed by atoms with E-state index >= 15 is 0 Å². The molecule has 13 heavy (non-hydrogen) atoms.